The molecule has 1 rings (SSSR count). The Kier molecular flexibility index (Phi) is 2.78. The predicted molar refractivity (Wildman–Crippen MR) is 41.8 cm³/mol. The van der Waals surface area contributed by atoms with E-state index in [2.05, 4.69) is 4.99 Å². The van der Waals surface area contributed by atoms with Crippen LogP contribution in [0.15, 0.2) is 16.9 Å². The number of halogens is 3. The van der Waals surface area contributed by atoms with Crippen LogP contribution in [0.25, 0.3) is 0 Å². The Balaban J connectivity index is 2.67. The number of rotatable bonds is 2. The summed E-state index contributed by atoms with van der Waals surface area (Å²) in [6, 6.07) is 0. The van der Waals surface area contributed by atoms with E-state index in [-0.39, 0.29) is 12.2 Å². The van der Waals surface area contributed by atoms with Crippen molar-refractivity contribution < 1.29 is 23.1 Å². The summed E-state index contributed by atoms with van der Waals surface area (Å²) in [6.07, 6.45) is -2.32. The zero-order chi connectivity index (χ0) is 10.8. The lowest BCUT2D eigenvalue weighted by Gasteiger charge is -2.22. The van der Waals surface area contributed by atoms with E-state index in [1.165, 1.54) is 0 Å². The molecule has 1 aliphatic rings. The lowest BCUT2D eigenvalue weighted by Crippen LogP contribution is -2.33. The molecule has 0 atom stereocenters. The van der Waals surface area contributed by atoms with Crippen molar-refractivity contribution in [3.05, 3.63) is 11.9 Å². The summed E-state index contributed by atoms with van der Waals surface area (Å²) in [5.41, 5.74) is -0.388. The zero-order valence-corrected chi connectivity index (χ0v) is 6.95. The van der Waals surface area contributed by atoms with Gasteiger partial charge in [0.25, 0.3) is 0 Å². The SMILES string of the molecule is O=C(O)C1=CN(CC(F)(F)F)CC=N1. The van der Waals surface area contributed by atoms with E-state index >= 15 is 0 Å². The molecule has 0 aromatic carbocycles. The number of carbonyl (C=O) groups is 1. The van der Waals surface area contributed by atoms with Crippen molar-refractivity contribution in [2.45, 2.75) is 6.18 Å². The number of aliphatic imine (C=N–C) groups is 1. The quantitative estimate of drug-likeness (QED) is 0.732. The van der Waals surface area contributed by atoms with Gasteiger partial charge in [0, 0.05) is 12.4 Å². The monoisotopic (exact) mass is 208 g/mol. The molecule has 0 aromatic rings. The molecule has 0 aromatic heterocycles. The third-order valence-corrected chi connectivity index (χ3v) is 1.45. The molecule has 1 aliphatic heterocycles. The summed E-state index contributed by atoms with van der Waals surface area (Å²) in [5, 5.41) is 8.46. The lowest BCUT2D eigenvalue weighted by atomic mass is 10.4. The van der Waals surface area contributed by atoms with Crippen LogP contribution in [-0.4, -0.2) is 41.5 Å². The van der Waals surface area contributed by atoms with E-state index in [9.17, 15) is 18.0 Å². The van der Waals surface area contributed by atoms with Crippen molar-refractivity contribution in [1.29, 1.82) is 0 Å². The fraction of sp³-hybridized carbons (Fsp3) is 0.429. The summed E-state index contributed by atoms with van der Waals surface area (Å²) < 4.78 is 35.7. The number of aliphatic carboxylic acids is 1. The van der Waals surface area contributed by atoms with Gasteiger partial charge in [-0.3, -0.25) is 4.99 Å². The Morgan fingerprint density at radius 3 is 2.79 bits per heavy atom. The van der Waals surface area contributed by atoms with Crippen LogP contribution < -0.4 is 0 Å². The number of nitrogens with zero attached hydrogens (tertiary/aromatic N) is 2. The maximum atomic E-state index is 11.9. The minimum absolute atomic E-state index is 0.0315. The van der Waals surface area contributed by atoms with Crippen LogP contribution >= 0.6 is 0 Å². The third kappa shape index (κ3) is 3.08. The maximum Gasteiger partial charge on any atom is 0.405 e. The fourth-order valence-electron chi connectivity index (χ4n) is 0.954. The Hall–Kier alpha value is -1.53. The first-order valence-electron chi connectivity index (χ1n) is 3.67. The van der Waals surface area contributed by atoms with Gasteiger partial charge in [-0.15, -0.1) is 0 Å². The van der Waals surface area contributed by atoms with E-state index in [1.54, 1.807) is 0 Å². The average Bonchev–Trinajstić information content (AvgIpc) is 2.01. The highest BCUT2D eigenvalue weighted by Gasteiger charge is 2.30. The van der Waals surface area contributed by atoms with E-state index in [0.717, 1.165) is 17.3 Å². The van der Waals surface area contributed by atoms with Crippen LogP contribution in [-0.2, 0) is 4.79 Å². The molecular formula is C7H7F3N2O2. The highest BCUT2D eigenvalue weighted by molar-refractivity contribution is 5.88. The second kappa shape index (κ2) is 3.69. The molecule has 1 heterocycles. The molecule has 0 bridgehead atoms. The molecule has 14 heavy (non-hydrogen) atoms. The van der Waals surface area contributed by atoms with Gasteiger partial charge in [-0.25, -0.2) is 4.79 Å². The summed E-state index contributed by atoms with van der Waals surface area (Å²) in [6.45, 7) is -1.20. The molecule has 0 saturated heterocycles. The molecule has 7 heteroatoms. The first kappa shape index (κ1) is 10.6. The minimum atomic E-state index is -4.34. The minimum Gasteiger partial charge on any atom is -0.476 e. The van der Waals surface area contributed by atoms with E-state index in [4.69, 9.17) is 5.11 Å². The van der Waals surface area contributed by atoms with Crippen LogP contribution in [0.2, 0.25) is 0 Å². The van der Waals surface area contributed by atoms with Crippen LogP contribution in [0.1, 0.15) is 0 Å². The zero-order valence-electron chi connectivity index (χ0n) is 6.95. The largest absolute Gasteiger partial charge is 0.476 e. The lowest BCUT2D eigenvalue weighted by molar-refractivity contribution is -0.140. The second-order valence-corrected chi connectivity index (χ2v) is 2.68. The average molecular weight is 208 g/mol. The van der Waals surface area contributed by atoms with Gasteiger partial charge in [0.15, 0.2) is 5.70 Å². The molecule has 0 radical (unpaired) electrons. The predicted octanol–water partition coefficient (Wildman–Crippen LogP) is 0.861. The Morgan fingerprint density at radius 1 is 1.64 bits per heavy atom. The molecule has 0 fully saturated rings. The number of hydrogen-bond acceptors (Lipinski definition) is 3. The van der Waals surface area contributed by atoms with Gasteiger partial charge in [0.2, 0.25) is 0 Å². The topological polar surface area (TPSA) is 52.9 Å². The summed E-state index contributed by atoms with van der Waals surface area (Å²) in [4.78, 5) is 14.7. The van der Waals surface area contributed by atoms with Gasteiger partial charge >= 0.3 is 12.1 Å². The van der Waals surface area contributed by atoms with Crippen molar-refractivity contribution in [3.8, 4) is 0 Å². The molecule has 0 amide bonds. The van der Waals surface area contributed by atoms with Gasteiger partial charge < -0.3 is 10.0 Å². The van der Waals surface area contributed by atoms with Crippen LogP contribution in [0.3, 0.4) is 0 Å². The number of hydrogen-bond donors (Lipinski definition) is 1. The molecule has 0 saturated carbocycles. The van der Waals surface area contributed by atoms with E-state index < -0.39 is 18.7 Å². The maximum absolute atomic E-state index is 11.9. The highest BCUT2D eigenvalue weighted by Crippen LogP contribution is 2.18. The van der Waals surface area contributed by atoms with Crippen molar-refractivity contribution >= 4 is 12.2 Å². The van der Waals surface area contributed by atoms with Gasteiger partial charge in [0.1, 0.15) is 6.54 Å². The molecule has 78 valence electrons. The fourth-order valence-corrected chi connectivity index (χ4v) is 0.954. The van der Waals surface area contributed by atoms with Crippen molar-refractivity contribution in [3.63, 3.8) is 0 Å². The Labute approximate surface area is 77.3 Å². The Morgan fingerprint density at radius 2 is 2.29 bits per heavy atom. The van der Waals surface area contributed by atoms with Gasteiger partial charge in [-0.05, 0) is 0 Å². The summed E-state index contributed by atoms with van der Waals surface area (Å²) in [5.74, 6) is -1.34. The Bertz CT molecular complexity index is 296. The van der Waals surface area contributed by atoms with E-state index in [1.807, 2.05) is 0 Å². The van der Waals surface area contributed by atoms with E-state index in [0.29, 0.717) is 0 Å². The molecule has 4 nitrogen and oxygen atoms in total. The second-order valence-electron chi connectivity index (χ2n) is 2.68. The smallest absolute Gasteiger partial charge is 0.405 e. The third-order valence-electron chi connectivity index (χ3n) is 1.45. The summed E-state index contributed by atoms with van der Waals surface area (Å²) >= 11 is 0. The van der Waals surface area contributed by atoms with Gasteiger partial charge in [-0.2, -0.15) is 13.2 Å². The number of carboxylic acid groups (broad SMARTS) is 1. The van der Waals surface area contributed by atoms with Gasteiger partial charge in [-0.1, -0.05) is 0 Å². The van der Waals surface area contributed by atoms with Crippen LogP contribution in [0.4, 0.5) is 13.2 Å². The normalized spacial score (nSPS) is 16.8. The van der Waals surface area contributed by atoms with Crippen LogP contribution in [0, 0.1) is 0 Å². The molecule has 0 aliphatic carbocycles. The van der Waals surface area contributed by atoms with Crippen molar-refractivity contribution in [1.82, 2.24) is 4.90 Å². The molecule has 0 unspecified atom stereocenters. The number of carboxylic acids is 1. The first-order valence-corrected chi connectivity index (χ1v) is 3.67. The molecule has 0 spiro atoms. The first-order chi connectivity index (χ1) is 6.38. The highest BCUT2D eigenvalue weighted by atomic mass is 19.4. The molecule has 1 N–H and O–H groups in total. The van der Waals surface area contributed by atoms with Crippen molar-refractivity contribution in [2.75, 3.05) is 13.1 Å². The number of alkyl halides is 3. The van der Waals surface area contributed by atoms with Crippen molar-refractivity contribution in [2.24, 2.45) is 4.99 Å². The van der Waals surface area contributed by atoms with Crippen LogP contribution in [0.5, 0.6) is 0 Å². The standard InChI is InChI=1S/C7H7F3N2O2/c8-7(9,10)4-12-2-1-11-5(3-12)6(13)14/h1,3H,2,4H2,(H,13,14). The molecular weight excluding hydrogens is 201 g/mol. The summed E-state index contributed by atoms with van der Waals surface area (Å²) in [7, 11) is 0. The van der Waals surface area contributed by atoms with Gasteiger partial charge in [0.05, 0.1) is 6.54 Å².